The Morgan fingerprint density at radius 3 is 2.00 bits per heavy atom. The van der Waals surface area contributed by atoms with Gasteiger partial charge < -0.3 is 9.52 Å². The summed E-state index contributed by atoms with van der Waals surface area (Å²) in [6.45, 7) is 4.02. The van der Waals surface area contributed by atoms with E-state index in [0.717, 1.165) is 16.7 Å². The van der Waals surface area contributed by atoms with E-state index in [-0.39, 0.29) is 5.56 Å². The molecule has 0 bridgehead atoms. The zero-order chi connectivity index (χ0) is 15.7. The van der Waals surface area contributed by atoms with Crippen molar-refractivity contribution in [3.8, 4) is 22.9 Å². The standard InChI is InChI=1S/C17H14N2O3/c1-10-7-11(2)9-14(8-10)16-19-18-15(22-16)12-3-5-13(6-4-12)17(20)21/h3-9H,1-2H3,(H,20,21). The van der Waals surface area contributed by atoms with E-state index in [4.69, 9.17) is 9.52 Å². The quantitative estimate of drug-likeness (QED) is 0.796. The largest absolute Gasteiger partial charge is 0.478 e. The maximum absolute atomic E-state index is 10.9. The number of aromatic carboxylic acids is 1. The lowest BCUT2D eigenvalue weighted by Gasteiger charge is -2.00. The van der Waals surface area contributed by atoms with Crippen LogP contribution in [-0.2, 0) is 0 Å². The van der Waals surface area contributed by atoms with Gasteiger partial charge in [0.2, 0.25) is 11.8 Å². The number of nitrogens with zero attached hydrogens (tertiary/aromatic N) is 2. The van der Waals surface area contributed by atoms with Crippen molar-refractivity contribution >= 4 is 5.97 Å². The van der Waals surface area contributed by atoms with E-state index in [1.807, 2.05) is 26.0 Å². The first kappa shape index (κ1) is 14.0. The van der Waals surface area contributed by atoms with Gasteiger partial charge in [0.1, 0.15) is 0 Å². The van der Waals surface area contributed by atoms with E-state index in [1.54, 1.807) is 12.1 Å². The highest BCUT2D eigenvalue weighted by atomic mass is 16.4. The van der Waals surface area contributed by atoms with Crippen LogP contribution in [0.4, 0.5) is 0 Å². The number of hydrogen-bond donors (Lipinski definition) is 1. The van der Waals surface area contributed by atoms with Crippen LogP contribution in [0.5, 0.6) is 0 Å². The lowest BCUT2D eigenvalue weighted by molar-refractivity contribution is 0.0697. The molecule has 2 aromatic carbocycles. The van der Waals surface area contributed by atoms with Gasteiger partial charge >= 0.3 is 5.97 Å². The highest BCUT2D eigenvalue weighted by Crippen LogP contribution is 2.25. The highest BCUT2D eigenvalue weighted by molar-refractivity contribution is 5.88. The van der Waals surface area contributed by atoms with Gasteiger partial charge in [-0.2, -0.15) is 0 Å². The number of carbonyl (C=O) groups is 1. The van der Waals surface area contributed by atoms with E-state index in [0.29, 0.717) is 17.3 Å². The second kappa shape index (κ2) is 5.44. The zero-order valence-electron chi connectivity index (χ0n) is 12.2. The summed E-state index contributed by atoms with van der Waals surface area (Å²) in [5.74, 6) is -0.150. The van der Waals surface area contributed by atoms with E-state index < -0.39 is 5.97 Å². The van der Waals surface area contributed by atoms with Gasteiger partial charge in [0.25, 0.3) is 0 Å². The fourth-order valence-electron chi connectivity index (χ4n) is 2.31. The summed E-state index contributed by atoms with van der Waals surface area (Å²) in [7, 11) is 0. The minimum atomic E-state index is -0.965. The number of carboxylic acid groups (broad SMARTS) is 1. The van der Waals surface area contributed by atoms with E-state index in [9.17, 15) is 4.79 Å². The molecule has 3 aromatic rings. The molecule has 0 aliphatic rings. The molecule has 5 heteroatoms. The summed E-state index contributed by atoms with van der Waals surface area (Å²) in [4.78, 5) is 10.9. The second-order valence-corrected chi connectivity index (χ2v) is 5.17. The topological polar surface area (TPSA) is 76.2 Å². The Balaban J connectivity index is 1.94. The summed E-state index contributed by atoms with van der Waals surface area (Å²) >= 11 is 0. The Hall–Kier alpha value is -2.95. The summed E-state index contributed by atoms with van der Waals surface area (Å²) in [6.07, 6.45) is 0. The van der Waals surface area contributed by atoms with Gasteiger partial charge in [-0.25, -0.2) is 4.79 Å². The fraction of sp³-hybridized carbons (Fsp3) is 0.118. The Morgan fingerprint density at radius 2 is 1.45 bits per heavy atom. The molecular weight excluding hydrogens is 280 g/mol. The van der Waals surface area contributed by atoms with E-state index >= 15 is 0 Å². The highest BCUT2D eigenvalue weighted by Gasteiger charge is 2.12. The molecule has 1 heterocycles. The van der Waals surface area contributed by atoms with Crippen LogP contribution in [0.25, 0.3) is 22.9 Å². The zero-order valence-corrected chi connectivity index (χ0v) is 12.2. The Kier molecular flexibility index (Phi) is 3.47. The number of carboxylic acids is 1. The molecule has 0 radical (unpaired) electrons. The molecule has 0 amide bonds. The number of hydrogen-bond acceptors (Lipinski definition) is 4. The first-order chi connectivity index (χ1) is 10.5. The predicted octanol–water partition coefficient (Wildman–Crippen LogP) is 3.72. The van der Waals surface area contributed by atoms with E-state index in [2.05, 4.69) is 16.3 Å². The monoisotopic (exact) mass is 294 g/mol. The Bertz CT molecular complexity index is 815. The van der Waals surface area contributed by atoms with Gasteiger partial charge in [0.05, 0.1) is 5.56 Å². The van der Waals surface area contributed by atoms with Gasteiger partial charge in [0.15, 0.2) is 0 Å². The summed E-state index contributed by atoms with van der Waals surface area (Å²) in [5, 5.41) is 17.0. The van der Waals surface area contributed by atoms with Crippen molar-refractivity contribution < 1.29 is 14.3 Å². The van der Waals surface area contributed by atoms with Crippen molar-refractivity contribution in [2.24, 2.45) is 0 Å². The molecular formula is C17H14N2O3. The maximum Gasteiger partial charge on any atom is 0.335 e. The van der Waals surface area contributed by atoms with Crippen LogP contribution in [0.1, 0.15) is 21.5 Å². The number of aryl methyl sites for hydroxylation is 2. The van der Waals surface area contributed by atoms with Crippen molar-refractivity contribution in [2.75, 3.05) is 0 Å². The average molecular weight is 294 g/mol. The molecule has 0 fully saturated rings. The third kappa shape index (κ3) is 2.74. The first-order valence-electron chi connectivity index (χ1n) is 6.79. The SMILES string of the molecule is Cc1cc(C)cc(-c2nnc(-c3ccc(C(=O)O)cc3)o2)c1. The van der Waals surface area contributed by atoms with Crippen LogP contribution in [0.3, 0.4) is 0 Å². The average Bonchev–Trinajstić information content (AvgIpc) is 2.96. The van der Waals surface area contributed by atoms with Crippen molar-refractivity contribution in [3.05, 3.63) is 59.2 Å². The van der Waals surface area contributed by atoms with Crippen LogP contribution in [0.15, 0.2) is 46.9 Å². The summed E-state index contributed by atoms with van der Waals surface area (Å²) in [5.41, 5.74) is 4.03. The minimum absolute atomic E-state index is 0.220. The number of rotatable bonds is 3. The van der Waals surface area contributed by atoms with Gasteiger partial charge in [0, 0.05) is 11.1 Å². The molecule has 0 spiro atoms. The van der Waals surface area contributed by atoms with Gasteiger partial charge in [-0.05, 0) is 50.2 Å². The predicted molar refractivity (Wildman–Crippen MR) is 81.6 cm³/mol. The Morgan fingerprint density at radius 1 is 0.909 bits per heavy atom. The molecule has 5 nitrogen and oxygen atoms in total. The summed E-state index contributed by atoms with van der Waals surface area (Å²) in [6, 6.07) is 12.4. The molecule has 0 aliphatic carbocycles. The third-order valence-corrected chi connectivity index (χ3v) is 3.27. The number of aromatic nitrogens is 2. The first-order valence-corrected chi connectivity index (χ1v) is 6.79. The van der Waals surface area contributed by atoms with Crippen LogP contribution < -0.4 is 0 Å². The van der Waals surface area contributed by atoms with Crippen molar-refractivity contribution in [2.45, 2.75) is 13.8 Å². The van der Waals surface area contributed by atoms with Crippen LogP contribution in [0, 0.1) is 13.8 Å². The lowest BCUT2D eigenvalue weighted by atomic mass is 10.1. The van der Waals surface area contributed by atoms with Crippen molar-refractivity contribution in [1.82, 2.24) is 10.2 Å². The van der Waals surface area contributed by atoms with Gasteiger partial charge in [-0.1, -0.05) is 17.2 Å². The van der Waals surface area contributed by atoms with E-state index in [1.165, 1.54) is 12.1 Å². The fourth-order valence-corrected chi connectivity index (χ4v) is 2.31. The molecule has 3 rings (SSSR count). The van der Waals surface area contributed by atoms with Crippen molar-refractivity contribution in [1.29, 1.82) is 0 Å². The molecule has 0 unspecified atom stereocenters. The van der Waals surface area contributed by atoms with Gasteiger partial charge in [-0.3, -0.25) is 0 Å². The molecule has 110 valence electrons. The summed E-state index contributed by atoms with van der Waals surface area (Å²) < 4.78 is 5.70. The maximum atomic E-state index is 10.9. The number of benzene rings is 2. The smallest absolute Gasteiger partial charge is 0.335 e. The third-order valence-electron chi connectivity index (χ3n) is 3.27. The van der Waals surface area contributed by atoms with Crippen LogP contribution in [0.2, 0.25) is 0 Å². The van der Waals surface area contributed by atoms with Gasteiger partial charge in [-0.15, -0.1) is 10.2 Å². The molecule has 0 atom stereocenters. The van der Waals surface area contributed by atoms with Crippen LogP contribution >= 0.6 is 0 Å². The van der Waals surface area contributed by atoms with Crippen LogP contribution in [-0.4, -0.2) is 21.3 Å². The molecule has 1 aromatic heterocycles. The second-order valence-electron chi connectivity index (χ2n) is 5.17. The molecule has 0 saturated heterocycles. The molecule has 1 N–H and O–H groups in total. The molecule has 0 aliphatic heterocycles. The normalized spacial score (nSPS) is 10.6. The molecule has 22 heavy (non-hydrogen) atoms. The lowest BCUT2D eigenvalue weighted by Crippen LogP contribution is -1.94. The molecule has 0 saturated carbocycles. The van der Waals surface area contributed by atoms with Crippen molar-refractivity contribution in [3.63, 3.8) is 0 Å². The minimum Gasteiger partial charge on any atom is -0.478 e. The Labute approximate surface area is 127 Å².